The minimum atomic E-state index is -4.84. The standard InChI is InChI=1S/C16H13F3O4/c1-2-21-15(20)13-9-8-12(23-16(17,18)19)10-14(13)22-11-6-4-3-5-7-11/h3-10H,2H2,1H3. The number of carbonyl (C=O) groups is 1. The number of hydrogen-bond donors (Lipinski definition) is 0. The molecule has 0 N–H and O–H groups in total. The second kappa shape index (κ2) is 7.04. The van der Waals surface area contributed by atoms with Gasteiger partial charge in [-0.15, -0.1) is 13.2 Å². The summed E-state index contributed by atoms with van der Waals surface area (Å²) in [5, 5.41) is 0. The Morgan fingerprint density at radius 3 is 2.35 bits per heavy atom. The van der Waals surface area contributed by atoms with Gasteiger partial charge in [-0.05, 0) is 31.2 Å². The van der Waals surface area contributed by atoms with Crippen LogP contribution in [-0.4, -0.2) is 18.9 Å². The molecule has 0 aliphatic rings. The molecule has 0 spiro atoms. The molecule has 2 aromatic rings. The van der Waals surface area contributed by atoms with Crippen molar-refractivity contribution in [2.75, 3.05) is 6.61 Å². The molecule has 0 saturated heterocycles. The normalized spacial score (nSPS) is 11.0. The van der Waals surface area contributed by atoms with Crippen molar-refractivity contribution in [2.45, 2.75) is 13.3 Å². The fourth-order valence-corrected chi connectivity index (χ4v) is 1.78. The third-order valence-electron chi connectivity index (χ3n) is 2.65. The minimum absolute atomic E-state index is 0.00484. The number of rotatable bonds is 5. The maximum atomic E-state index is 12.3. The Bertz CT molecular complexity index is 669. The van der Waals surface area contributed by atoms with Crippen molar-refractivity contribution in [1.29, 1.82) is 0 Å². The van der Waals surface area contributed by atoms with E-state index < -0.39 is 18.1 Å². The molecular formula is C16H13F3O4. The van der Waals surface area contributed by atoms with Crippen LogP contribution < -0.4 is 9.47 Å². The van der Waals surface area contributed by atoms with E-state index in [4.69, 9.17) is 9.47 Å². The molecule has 2 aromatic carbocycles. The zero-order valence-electron chi connectivity index (χ0n) is 12.1. The summed E-state index contributed by atoms with van der Waals surface area (Å²) in [6.07, 6.45) is -4.84. The summed E-state index contributed by atoms with van der Waals surface area (Å²) in [7, 11) is 0. The van der Waals surface area contributed by atoms with E-state index in [1.165, 1.54) is 0 Å². The molecular weight excluding hydrogens is 313 g/mol. The topological polar surface area (TPSA) is 44.8 Å². The van der Waals surface area contributed by atoms with Gasteiger partial charge in [0.2, 0.25) is 0 Å². The van der Waals surface area contributed by atoms with Gasteiger partial charge in [-0.25, -0.2) is 4.79 Å². The van der Waals surface area contributed by atoms with Crippen LogP contribution in [-0.2, 0) is 4.74 Å². The maximum absolute atomic E-state index is 12.3. The average molecular weight is 326 g/mol. The van der Waals surface area contributed by atoms with Crippen LogP contribution in [0.4, 0.5) is 13.2 Å². The second-order valence-electron chi connectivity index (χ2n) is 4.34. The lowest BCUT2D eigenvalue weighted by Gasteiger charge is -2.14. The number of ether oxygens (including phenoxy) is 3. The first kappa shape index (κ1) is 16.7. The molecule has 0 atom stereocenters. The monoisotopic (exact) mass is 326 g/mol. The van der Waals surface area contributed by atoms with Gasteiger partial charge in [0.15, 0.2) is 0 Å². The van der Waals surface area contributed by atoms with Crippen LogP contribution in [0, 0.1) is 0 Å². The second-order valence-corrected chi connectivity index (χ2v) is 4.34. The fraction of sp³-hybridized carbons (Fsp3) is 0.188. The third-order valence-corrected chi connectivity index (χ3v) is 2.65. The van der Waals surface area contributed by atoms with Gasteiger partial charge in [0.1, 0.15) is 22.8 Å². The maximum Gasteiger partial charge on any atom is 0.573 e. The number of benzene rings is 2. The van der Waals surface area contributed by atoms with Crippen LogP contribution in [0.25, 0.3) is 0 Å². The Morgan fingerprint density at radius 2 is 1.74 bits per heavy atom. The van der Waals surface area contributed by atoms with Crippen LogP contribution in [0.15, 0.2) is 48.5 Å². The van der Waals surface area contributed by atoms with Crippen molar-refractivity contribution in [3.05, 3.63) is 54.1 Å². The largest absolute Gasteiger partial charge is 0.573 e. The molecule has 7 heteroatoms. The highest BCUT2D eigenvalue weighted by molar-refractivity contribution is 5.92. The van der Waals surface area contributed by atoms with E-state index in [0.717, 1.165) is 18.2 Å². The molecule has 0 heterocycles. The number of carbonyl (C=O) groups excluding carboxylic acids is 1. The molecule has 0 aromatic heterocycles. The van der Waals surface area contributed by atoms with E-state index >= 15 is 0 Å². The molecule has 0 amide bonds. The highest BCUT2D eigenvalue weighted by Crippen LogP contribution is 2.32. The van der Waals surface area contributed by atoms with Crippen LogP contribution in [0.3, 0.4) is 0 Å². The number of halogens is 3. The lowest BCUT2D eigenvalue weighted by molar-refractivity contribution is -0.274. The van der Waals surface area contributed by atoms with Crippen LogP contribution in [0.2, 0.25) is 0 Å². The van der Waals surface area contributed by atoms with Crippen molar-refractivity contribution in [3.8, 4) is 17.2 Å². The van der Waals surface area contributed by atoms with Crippen LogP contribution in [0.1, 0.15) is 17.3 Å². The summed E-state index contributed by atoms with van der Waals surface area (Å²) in [4.78, 5) is 11.9. The van der Waals surface area contributed by atoms with E-state index in [1.807, 2.05) is 0 Å². The minimum Gasteiger partial charge on any atom is -0.462 e. The van der Waals surface area contributed by atoms with Crippen molar-refractivity contribution in [2.24, 2.45) is 0 Å². The summed E-state index contributed by atoms with van der Waals surface area (Å²) < 4.78 is 51.2. The van der Waals surface area contributed by atoms with Crippen molar-refractivity contribution < 1.29 is 32.2 Å². The summed E-state index contributed by atoms with van der Waals surface area (Å²) in [6, 6.07) is 11.5. The molecule has 2 rings (SSSR count). The Kier molecular flexibility index (Phi) is 5.10. The van der Waals surface area contributed by atoms with Gasteiger partial charge in [-0.2, -0.15) is 0 Å². The van der Waals surface area contributed by atoms with Crippen LogP contribution >= 0.6 is 0 Å². The van der Waals surface area contributed by atoms with Gasteiger partial charge in [0, 0.05) is 6.07 Å². The molecule has 23 heavy (non-hydrogen) atoms. The Hall–Kier alpha value is -2.70. The lowest BCUT2D eigenvalue weighted by Crippen LogP contribution is -2.17. The van der Waals surface area contributed by atoms with Crippen LogP contribution in [0.5, 0.6) is 17.2 Å². The van der Waals surface area contributed by atoms with Crippen molar-refractivity contribution in [1.82, 2.24) is 0 Å². The number of esters is 1. The lowest BCUT2D eigenvalue weighted by atomic mass is 10.2. The van der Waals surface area contributed by atoms with Gasteiger partial charge >= 0.3 is 12.3 Å². The third kappa shape index (κ3) is 4.91. The first-order valence-corrected chi connectivity index (χ1v) is 6.69. The summed E-state index contributed by atoms with van der Waals surface area (Å²) in [5.41, 5.74) is 0.00484. The number of hydrogen-bond acceptors (Lipinski definition) is 4. The Balaban J connectivity index is 2.36. The van der Waals surface area contributed by atoms with E-state index in [9.17, 15) is 18.0 Å². The number of para-hydroxylation sites is 1. The van der Waals surface area contributed by atoms with Gasteiger partial charge < -0.3 is 14.2 Å². The van der Waals surface area contributed by atoms with E-state index in [0.29, 0.717) is 5.75 Å². The highest BCUT2D eigenvalue weighted by Gasteiger charge is 2.31. The van der Waals surface area contributed by atoms with E-state index in [1.54, 1.807) is 37.3 Å². The van der Waals surface area contributed by atoms with Gasteiger partial charge in [0.05, 0.1) is 6.61 Å². The summed E-state index contributed by atoms with van der Waals surface area (Å²) in [5.74, 6) is -0.910. The van der Waals surface area contributed by atoms with E-state index in [2.05, 4.69) is 4.74 Å². The Labute approximate surface area is 130 Å². The Morgan fingerprint density at radius 1 is 1.04 bits per heavy atom. The predicted octanol–water partition coefficient (Wildman–Crippen LogP) is 4.55. The quantitative estimate of drug-likeness (QED) is 0.756. The zero-order valence-corrected chi connectivity index (χ0v) is 12.1. The van der Waals surface area contributed by atoms with Crippen molar-refractivity contribution in [3.63, 3.8) is 0 Å². The zero-order chi connectivity index (χ0) is 16.9. The summed E-state index contributed by atoms with van der Waals surface area (Å²) in [6.45, 7) is 1.75. The molecule has 0 bridgehead atoms. The molecule has 0 unspecified atom stereocenters. The smallest absolute Gasteiger partial charge is 0.462 e. The molecule has 122 valence electrons. The SMILES string of the molecule is CCOC(=O)c1ccc(OC(F)(F)F)cc1Oc1ccccc1. The molecule has 4 nitrogen and oxygen atoms in total. The van der Waals surface area contributed by atoms with Gasteiger partial charge in [-0.3, -0.25) is 0 Å². The van der Waals surface area contributed by atoms with Gasteiger partial charge in [-0.1, -0.05) is 18.2 Å². The summed E-state index contributed by atoms with van der Waals surface area (Å²) >= 11 is 0. The highest BCUT2D eigenvalue weighted by atomic mass is 19.4. The predicted molar refractivity (Wildman–Crippen MR) is 75.6 cm³/mol. The molecule has 0 fully saturated rings. The van der Waals surface area contributed by atoms with Crippen molar-refractivity contribution >= 4 is 5.97 Å². The fourth-order valence-electron chi connectivity index (χ4n) is 1.78. The molecule has 0 aliphatic carbocycles. The average Bonchev–Trinajstić information content (AvgIpc) is 2.47. The number of alkyl halides is 3. The van der Waals surface area contributed by atoms with E-state index in [-0.39, 0.29) is 17.9 Å². The molecule has 0 saturated carbocycles. The molecule has 0 aliphatic heterocycles. The molecule has 0 radical (unpaired) electrons. The van der Waals surface area contributed by atoms with Gasteiger partial charge in [0.25, 0.3) is 0 Å². The first-order valence-electron chi connectivity index (χ1n) is 6.69. The first-order chi connectivity index (χ1) is 10.9.